The first-order valence-electron chi connectivity index (χ1n) is 10.2. The van der Waals surface area contributed by atoms with Gasteiger partial charge in [-0.2, -0.15) is 4.40 Å². The van der Waals surface area contributed by atoms with Gasteiger partial charge >= 0.3 is 0 Å². The molecule has 1 aliphatic heterocycles. The SMILES string of the molecule is Cc1ccc2c(c1)n1c3ccccc3c3cccc4c3c1[n+]2C(C)(C)C4(C)C. The Morgan fingerprint density at radius 1 is 0.786 bits per heavy atom. The fraction of sp³-hybridized carbons (Fsp3) is 0.269. The van der Waals surface area contributed by atoms with Gasteiger partial charge in [0, 0.05) is 16.2 Å². The Morgan fingerprint density at radius 2 is 1.54 bits per heavy atom. The van der Waals surface area contributed by atoms with E-state index in [1.54, 1.807) is 0 Å². The van der Waals surface area contributed by atoms with Gasteiger partial charge in [-0.1, -0.05) is 56.3 Å². The molecule has 0 atom stereocenters. The maximum absolute atomic E-state index is 2.60. The van der Waals surface area contributed by atoms with Crippen LogP contribution in [-0.4, -0.2) is 4.40 Å². The molecule has 0 N–H and O–H groups in total. The number of rotatable bonds is 0. The quantitative estimate of drug-likeness (QED) is 0.234. The Hall–Kier alpha value is -2.87. The lowest BCUT2D eigenvalue weighted by Crippen LogP contribution is -2.64. The van der Waals surface area contributed by atoms with E-state index in [2.05, 4.69) is 104 Å². The summed E-state index contributed by atoms with van der Waals surface area (Å²) in [5, 5.41) is 4.09. The molecule has 2 aromatic heterocycles. The molecule has 2 heteroatoms. The summed E-state index contributed by atoms with van der Waals surface area (Å²) in [7, 11) is 0. The number of fused-ring (bicyclic) bond motifs is 6. The average Bonchev–Trinajstić information content (AvgIpc) is 3.02. The molecule has 3 aromatic carbocycles. The summed E-state index contributed by atoms with van der Waals surface area (Å²) >= 11 is 0. The first-order valence-corrected chi connectivity index (χ1v) is 10.2. The summed E-state index contributed by atoms with van der Waals surface area (Å²) in [6, 6.07) is 22.6. The predicted octanol–water partition coefficient (Wildman–Crippen LogP) is 6.02. The lowest BCUT2D eigenvalue weighted by Gasteiger charge is -2.43. The third kappa shape index (κ3) is 1.60. The minimum atomic E-state index is -0.0565. The molecule has 1 aliphatic rings. The van der Waals surface area contributed by atoms with Crippen molar-refractivity contribution in [2.75, 3.05) is 0 Å². The largest absolute Gasteiger partial charge is 0.296 e. The average molecular weight is 366 g/mol. The molecule has 0 amide bonds. The van der Waals surface area contributed by atoms with Crippen molar-refractivity contribution in [2.45, 2.75) is 45.6 Å². The Labute approximate surface area is 165 Å². The zero-order chi connectivity index (χ0) is 19.4. The lowest BCUT2D eigenvalue weighted by molar-refractivity contribution is -0.723. The summed E-state index contributed by atoms with van der Waals surface area (Å²) in [6.07, 6.45) is 0. The number of hydrogen-bond donors (Lipinski definition) is 0. The minimum Gasteiger partial charge on any atom is -0.217 e. The van der Waals surface area contributed by atoms with Gasteiger partial charge in [0.15, 0.2) is 11.0 Å². The van der Waals surface area contributed by atoms with Crippen molar-refractivity contribution in [3.05, 3.63) is 71.8 Å². The van der Waals surface area contributed by atoms with Crippen LogP contribution in [0.2, 0.25) is 0 Å². The van der Waals surface area contributed by atoms with Crippen molar-refractivity contribution in [3.63, 3.8) is 0 Å². The Morgan fingerprint density at radius 3 is 2.36 bits per heavy atom. The van der Waals surface area contributed by atoms with Gasteiger partial charge in [0.25, 0.3) is 5.65 Å². The molecule has 0 radical (unpaired) electrons. The van der Waals surface area contributed by atoms with Crippen molar-refractivity contribution in [1.29, 1.82) is 0 Å². The highest BCUT2D eigenvalue weighted by molar-refractivity contribution is 6.14. The van der Waals surface area contributed by atoms with E-state index in [1.165, 1.54) is 49.5 Å². The van der Waals surface area contributed by atoms with Crippen LogP contribution in [0.4, 0.5) is 0 Å². The second-order valence-electron chi connectivity index (χ2n) is 9.42. The number of aryl methyl sites for hydroxylation is 1. The van der Waals surface area contributed by atoms with E-state index in [-0.39, 0.29) is 11.0 Å². The van der Waals surface area contributed by atoms with Gasteiger partial charge in [-0.3, -0.25) is 0 Å². The standard InChI is InChI=1S/C26H25N2/c1-16-13-14-21-22(15-16)27-20-12-7-6-9-17(20)18-10-8-11-19-23(18)24(27)28(21)26(4,5)25(19,2)3/h6-15H,1-5H3/q+1. The molecule has 5 aromatic rings. The molecule has 138 valence electrons. The molecule has 0 saturated heterocycles. The number of nitrogens with zero attached hydrogens (tertiary/aromatic N) is 2. The highest BCUT2D eigenvalue weighted by atomic mass is 15.2. The fourth-order valence-electron chi connectivity index (χ4n) is 5.41. The Kier molecular flexibility index (Phi) is 2.73. The van der Waals surface area contributed by atoms with E-state index in [0.717, 1.165) is 0 Å². The molecular formula is C26H25N2+. The molecule has 0 saturated carbocycles. The summed E-state index contributed by atoms with van der Waals surface area (Å²) in [5.74, 6) is 0. The normalized spacial score (nSPS) is 17.3. The Bertz CT molecular complexity index is 1460. The van der Waals surface area contributed by atoms with Crippen LogP contribution < -0.4 is 4.57 Å². The van der Waals surface area contributed by atoms with Crippen LogP contribution >= 0.6 is 0 Å². The van der Waals surface area contributed by atoms with Crippen LogP contribution in [-0.2, 0) is 11.0 Å². The summed E-state index contributed by atoms with van der Waals surface area (Å²) in [5.41, 5.74) is 7.93. The monoisotopic (exact) mass is 365 g/mol. The molecule has 0 unspecified atom stereocenters. The number of hydrogen-bond acceptors (Lipinski definition) is 0. The molecule has 28 heavy (non-hydrogen) atoms. The first kappa shape index (κ1) is 16.1. The van der Waals surface area contributed by atoms with Gasteiger partial charge in [0.2, 0.25) is 0 Å². The van der Waals surface area contributed by atoms with Crippen LogP contribution in [0.5, 0.6) is 0 Å². The van der Waals surface area contributed by atoms with Crippen molar-refractivity contribution < 1.29 is 4.57 Å². The second-order valence-corrected chi connectivity index (χ2v) is 9.42. The highest BCUT2D eigenvalue weighted by Crippen LogP contribution is 2.47. The molecule has 0 fully saturated rings. The van der Waals surface area contributed by atoms with Crippen LogP contribution in [0.1, 0.15) is 38.8 Å². The highest BCUT2D eigenvalue weighted by Gasteiger charge is 2.51. The van der Waals surface area contributed by atoms with E-state index in [9.17, 15) is 0 Å². The van der Waals surface area contributed by atoms with Crippen LogP contribution in [0.3, 0.4) is 0 Å². The predicted molar refractivity (Wildman–Crippen MR) is 117 cm³/mol. The fourth-order valence-corrected chi connectivity index (χ4v) is 5.41. The van der Waals surface area contributed by atoms with Crippen molar-refractivity contribution in [2.24, 2.45) is 0 Å². The van der Waals surface area contributed by atoms with E-state index in [1.807, 2.05) is 0 Å². The van der Waals surface area contributed by atoms with E-state index in [4.69, 9.17) is 0 Å². The Balaban J connectivity index is 2.11. The van der Waals surface area contributed by atoms with Crippen molar-refractivity contribution in [3.8, 4) is 0 Å². The van der Waals surface area contributed by atoms with Crippen LogP contribution in [0.25, 0.3) is 38.4 Å². The van der Waals surface area contributed by atoms with E-state index in [0.29, 0.717) is 0 Å². The molecule has 0 spiro atoms. The van der Waals surface area contributed by atoms with Gasteiger partial charge in [-0.05, 0) is 50.1 Å². The molecule has 0 bridgehead atoms. The van der Waals surface area contributed by atoms with Gasteiger partial charge in [0.05, 0.1) is 5.39 Å². The summed E-state index contributed by atoms with van der Waals surface area (Å²) in [4.78, 5) is 0. The van der Waals surface area contributed by atoms with Gasteiger partial charge in [0.1, 0.15) is 11.1 Å². The topological polar surface area (TPSA) is 8.29 Å². The molecule has 6 rings (SSSR count). The summed E-state index contributed by atoms with van der Waals surface area (Å²) < 4.78 is 5.10. The zero-order valence-electron chi connectivity index (χ0n) is 17.2. The third-order valence-corrected chi connectivity index (χ3v) is 7.52. The maximum atomic E-state index is 2.60. The third-order valence-electron chi connectivity index (χ3n) is 7.52. The summed E-state index contributed by atoms with van der Waals surface area (Å²) in [6.45, 7) is 11.8. The number of benzene rings is 3. The molecule has 0 aliphatic carbocycles. The van der Waals surface area contributed by atoms with Crippen molar-refractivity contribution in [1.82, 2.24) is 4.40 Å². The molecule has 2 nitrogen and oxygen atoms in total. The maximum Gasteiger partial charge on any atom is 0.296 e. The number of para-hydroxylation sites is 1. The minimum absolute atomic E-state index is 0.00624. The van der Waals surface area contributed by atoms with Crippen LogP contribution in [0.15, 0.2) is 60.7 Å². The molecule has 3 heterocycles. The second kappa shape index (κ2) is 4.75. The number of imidazole rings is 1. The van der Waals surface area contributed by atoms with Gasteiger partial charge < -0.3 is 0 Å². The first-order chi connectivity index (χ1) is 13.3. The van der Waals surface area contributed by atoms with E-state index >= 15 is 0 Å². The van der Waals surface area contributed by atoms with Crippen LogP contribution in [0, 0.1) is 6.92 Å². The van der Waals surface area contributed by atoms with Gasteiger partial charge in [-0.15, -0.1) is 0 Å². The van der Waals surface area contributed by atoms with Gasteiger partial charge in [-0.25, -0.2) is 4.57 Å². The zero-order valence-corrected chi connectivity index (χ0v) is 17.2. The van der Waals surface area contributed by atoms with E-state index < -0.39 is 0 Å². The van der Waals surface area contributed by atoms with Crippen molar-refractivity contribution >= 4 is 38.4 Å². The molecular weight excluding hydrogens is 340 g/mol. The number of aromatic nitrogens is 2. The lowest BCUT2D eigenvalue weighted by atomic mass is 9.66. The smallest absolute Gasteiger partial charge is 0.217 e. The number of pyridine rings is 1.